The first-order valence-corrected chi connectivity index (χ1v) is 11.6. The molecule has 3 atom stereocenters. The lowest BCUT2D eigenvalue weighted by molar-refractivity contribution is -0.130. The van der Waals surface area contributed by atoms with E-state index in [0.717, 1.165) is 64.8 Å². The number of methoxy groups -OCH3 is 2. The average Bonchev–Trinajstić information content (AvgIpc) is 3.34. The number of likely N-dealkylation sites (tertiary alicyclic amines) is 2. The lowest BCUT2D eigenvalue weighted by atomic mass is 9.78. The second kappa shape index (κ2) is 9.90. The molecule has 3 aliphatic heterocycles. The third kappa shape index (κ3) is 4.81. The van der Waals surface area contributed by atoms with E-state index in [1.54, 1.807) is 14.2 Å². The van der Waals surface area contributed by atoms with Crippen LogP contribution in [0.2, 0.25) is 0 Å². The number of amides is 2. The number of carbonyl (C=O) groups excluding carboxylic acids is 2. The summed E-state index contributed by atoms with van der Waals surface area (Å²) in [5, 5.41) is 3.70. The van der Waals surface area contributed by atoms with Gasteiger partial charge < -0.3 is 24.6 Å². The summed E-state index contributed by atoms with van der Waals surface area (Å²) in [5.74, 6) is 2.29. The van der Waals surface area contributed by atoms with E-state index in [1.807, 2.05) is 28.0 Å². The molecule has 0 aliphatic carbocycles. The molecule has 4 rings (SSSR count). The van der Waals surface area contributed by atoms with Crippen LogP contribution in [0.4, 0.5) is 0 Å². The number of nitrogens with zero attached hydrogens (tertiary/aromatic N) is 2. The van der Waals surface area contributed by atoms with Crippen LogP contribution < -0.4 is 14.8 Å². The van der Waals surface area contributed by atoms with Crippen LogP contribution >= 0.6 is 0 Å². The fraction of sp³-hybridized carbons (Fsp3) is 0.667. The number of nitrogens with one attached hydrogen (secondary N) is 1. The van der Waals surface area contributed by atoms with Gasteiger partial charge in [0.1, 0.15) is 0 Å². The second-order valence-electron chi connectivity index (χ2n) is 9.11. The molecule has 7 nitrogen and oxygen atoms in total. The van der Waals surface area contributed by atoms with E-state index in [-0.39, 0.29) is 5.91 Å². The SMILES string of the molecule is COc1cccc(C(=O)N2CC3CN[C@H](CCCC(=O)N4CCCC4)C(C3)C2)c1OC. The Morgan fingerprint density at radius 1 is 1.10 bits per heavy atom. The van der Waals surface area contributed by atoms with Gasteiger partial charge in [0.15, 0.2) is 11.5 Å². The van der Waals surface area contributed by atoms with Crippen LogP contribution in [0.25, 0.3) is 0 Å². The van der Waals surface area contributed by atoms with Crippen molar-refractivity contribution in [3.05, 3.63) is 23.8 Å². The van der Waals surface area contributed by atoms with Crippen LogP contribution in [-0.4, -0.2) is 74.6 Å². The quantitative estimate of drug-likeness (QED) is 0.721. The summed E-state index contributed by atoms with van der Waals surface area (Å²) >= 11 is 0. The van der Waals surface area contributed by atoms with Crippen LogP contribution in [0, 0.1) is 11.8 Å². The van der Waals surface area contributed by atoms with E-state index in [4.69, 9.17) is 9.47 Å². The van der Waals surface area contributed by atoms with Crippen molar-refractivity contribution in [2.75, 3.05) is 46.9 Å². The standard InChI is InChI=1S/C24H35N3O4/c1-30-21-9-5-7-19(23(21)31-2)24(29)27-15-17-13-18(16-27)20(25-14-17)8-6-10-22(28)26-11-3-4-12-26/h5,7,9,17-18,20,25H,3-4,6,8,10-16H2,1-2H3/t17?,18?,20-/m1/s1. The predicted octanol–water partition coefficient (Wildman–Crippen LogP) is 2.55. The maximum absolute atomic E-state index is 13.4. The Labute approximate surface area is 185 Å². The molecule has 2 unspecified atom stereocenters. The number of carbonyl (C=O) groups is 2. The zero-order chi connectivity index (χ0) is 21.8. The minimum atomic E-state index is 0.00955. The van der Waals surface area contributed by atoms with E-state index in [0.29, 0.717) is 47.3 Å². The van der Waals surface area contributed by atoms with Gasteiger partial charge in [0.25, 0.3) is 5.91 Å². The molecule has 3 saturated heterocycles. The molecule has 7 heteroatoms. The highest BCUT2D eigenvalue weighted by Crippen LogP contribution is 2.35. The highest BCUT2D eigenvalue weighted by Gasteiger charge is 2.38. The van der Waals surface area contributed by atoms with Gasteiger partial charge in [0, 0.05) is 38.6 Å². The summed E-state index contributed by atoms with van der Waals surface area (Å²) in [5.41, 5.74) is 0.558. The van der Waals surface area contributed by atoms with Crippen molar-refractivity contribution < 1.29 is 19.1 Å². The van der Waals surface area contributed by atoms with Crippen molar-refractivity contribution >= 4 is 11.8 Å². The lowest BCUT2D eigenvalue weighted by Crippen LogP contribution is -2.57. The number of rotatable bonds is 7. The van der Waals surface area contributed by atoms with Crippen molar-refractivity contribution in [3.8, 4) is 11.5 Å². The van der Waals surface area contributed by atoms with Gasteiger partial charge in [-0.3, -0.25) is 9.59 Å². The molecule has 0 saturated carbocycles. The van der Waals surface area contributed by atoms with Crippen LogP contribution in [0.3, 0.4) is 0 Å². The van der Waals surface area contributed by atoms with Crippen LogP contribution in [0.15, 0.2) is 18.2 Å². The van der Waals surface area contributed by atoms with Gasteiger partial charge in [-0.05, 0) is 62.6 Å². The number of hydrogen-bond donors (Lipinski definition) is 1. The topological polar surface area (TPSA) is 71.1 Å². The lowest BCUT2D eigenvalue weighted by Gasteiger charge is -2.46. The Kier molecular flexibility index (Phi) is 7.00. The fourth-order valence-corrected chi connectivity index (χ4v) is 5.50. The number of piperidine rings is 2. The van der Waals surface area contributed by atoms with Gasteiger partial charge in [-0.25, -0.2) is 0 Å². The maximum Gasteiger partial charge on any atom is 0.257 e. The van der Waals surface area contributed by atoms with E-state index in [9.17, 15) is 9.59 Å². The third-order valence-corrected chi connectivity index (χ3v) is 7.09. The maximum atomic E-state index is 13.4. The molecule has 0 spiro atoms. The summed E-state index contributed by atoms with van der Waals surface area (Å²) in [7, 11) is 3.16. The highest BCUT2D eigenvalue weighted by molar-refractivity contribution is 5.98. The van der Waals surface area contributed by atoms with Crippen molar-refractivity contribution in [1.29, 1.82) is 0 Å². The molecule has 3 aliphatic rings. The summed E-state index contributed by atoms with van der Waals surface area (Å²) in [6.45, 7) is 4.29. The van der Waals surface area contributed by atoms with E-state index in [2.05, 4.69) is 5.32 Å². The molecule has 0 aromatic heterocycles. The molecule has 2 amide bonds. The number of para-hydroxylation sites is 1. The molecule has 31 heavy (non-hydrogen) atoms. The van der Waals surface area contributed by atoms with Gasteiger partial charge in [-0.15, -0.1) is 0 Å². The predicted molar refractivity (Wildman–Crippen MR) is 119 cm³/mol. The minimum Gasteiger partial charge on any atom is -0.493 e. The van der Waals surface area contributed by atoms with Gasteiger partial charge in [0.2, 0.25) is 5.91 Å². The van der Waals surface area contributed by atoms with Gasteiger partial charge in [0.05, 0.1) is 19.8 Å². The molecule has 1 N–H and O–H groups in total. The molecule has 0 radical (unpaired) electrons. The van der Waals surface area contributed by atoms with Crippen LogP contribution in [-0.2, 0) is 4.79 Å². The zero-order valence-electron chi connectivity index (χ0n) is 18.8. The molecular formula is C24H35N3O4. The minimum absolute atomic E-state index is 0.00955. The van der Waals surface area contributed by atoms with Gasteiger partial charge >= 0.3 is 0 Å². The fourth-order valence-electron chi connectivity index (χ4n) is 5.50. The molecule has 1 aromatic carbocycles. The Balaban J connectivity index is 1.36. The summed E-state index contributed by atoms with van der Waals surface area (Å²) in [6, 6.07) is 5.82. The Morgan fingerprint density at radius 3 is 2.65 bits per heavy atom. The molecule has 2 bridgehead atoms. The normalized spacial score (nSPS) is 25.4. The second-order valence-corrected chi connectivity index (χ2v) is 9.11. The Hall–Kier alpha value is -2.28. The highest BCUT2D eigenvalue weighted by atomic mass is 16.5. The molecule has 3 heterocycles. The molecule has 170 valence electrons. The smallest absolute Gasteiger partial charge is 0.257 e. The monoisotopic (exact) mass is 429 g/mol. The van der Waals surface area contributed by atoms with Crippen molar-refractivity contribution in [3.63, 3.8) is 0 Å². The zero-order valence-corrected chi connectivity index (χ0v) is 18.8. The van der Waals surface area contributed by atoms with E-state index in [1.165, 1.54) is 0 Å². The Bertz CT molecular complexity index is 793. The van der Waals surface area contributed by atoms with Crippen molar-refractivity contribution in [2.24, 2.45) is 11.8 Å². The van der Waals surface area contributed by atoms with Crippen molar-refractivity contribution in [1.82, 2.24) is 15.1 Å². The number of ether oxygens (including phenoxy) is 2. The van der Waals surface area contributed by atoms with Crippen molar-refractivity contribution in [2.45, 2.75) is 44.6 Å². The number of fused-ring (bicyclic) bond motifs is 2. The first-order chi connectivity index (χ1) is 15.1. The third-order valence-electron chi connectivity index (χ3n) is 7.09. The number of benzene rings is 1. The number of hydrogen-bond acceptors (Lipinski definition) is 5. The largest absolute Gasteiger partial charge is 0.493 e. The molecule has 1 aromatic rings. The van der Waals surface area contributed by atoms with Gasteiger partial charge in [-0.2, -0.15) is 0 Å². The van der Waals surface area contributed by atoms with E-state index < -0.39 is 0 Å². The Morgan fingerprint density at radius 2 is 1.90 bits per heavy atom. The first kappa shape index (κ1) is 21.9. The summed E-state index contributed by atoms with van der Waals surface area (Å²) in [6.07, 6.45) is 5.96. The summed E-state index contributed by atoms with van der Waals surface area (Å²) in [4.78, 5) is 29.7. The van der Waals surface area contributed by atoms with E-state index >= 15 is 0 Å². The average molecular weight is 430 g/mol. The molecule has 3 fully saturated rings. The van der Waals surface area contributed by atoms with Gasteiger partial charge in [-0.1, -0.05) is 6.07 Å². The van der Waals surface area contributed by atoms with Crippen LogP contribution in [0.1, 0.15) is 48.9 Å². The van der Waals surface area contributed by atoms with Crippen LogP contribution in [0.5, 0.6) is 11.5 Å². The molecular weight excluding hydrogens is 394 g/mol. The first-order valence-electron chi connectivity index (χ1n) is 11.6. The summed E-state index contributed by atoms with van der Waals surface area (Å²) < 4.78 is 10.9.